The Morgan fingerprint density at radius 1 is 0.920 bits per heavy atom. The van der Waals surface area contributed by atoms with Crippen LogP contribution in [0.5, 0.6) is 23.0 Å². The number of rotatable bonds is 3. The minimum Gasteiger partial charge on any atom is -0.508 e. The molecule has 0 fully saturated rings. The van der Waals surface area contributed by atoms with E-state index in [2.05, 4.69) is 4.98 Å². The lowest BCUT2D eigenvalue weighted by Gasteiger charge is -2.10. The number of benzene rings is 3. The van der Waals surface area contributed by atoms with Crippen molar-refractivity contribution in [2.24, 2.45) is 0 Å². The predicted molar refractivity (Wildman–Crippen MR) is 87.9 cm³/mol. The van der Waals surface area contributed by atoms with Gasteiger partial charge < -0.3 is 19.5 Å². The lowest BCUT2D eigenvalue weighted by molar-refractivity contribution is 0.440. The summed E-state index contributed by atoms with van der Waals surface area (Å²) in [4.78, 5) is 2.67. The smallest absolute Gasteiger partial charge is 0.426 e. The Hall–Kier alpha value is -3.51. The molecule has 3 aromatic rings. The van der Waals surface area contributed by atoms with Crippen LogP contribution >= 0.6 is 0 Å². The average Bonchev–Trinajstić information content (AvgIpc) is 2.53. The highest BCUT2D eigenvalue weighted by atomic mass is 32.2. The van der Waals surface area contributed by atoms with Gasteiger partial charge in [0.25, 0.3) is 0 Å². The van der Waals surface area contributed by atoms with E-state index in [4.69, 9.17) is 9.58 Å². The summed E-state index contributed by atoms with van der Waals surface area (Å²) in [5.74, 6) is -1.39. The third-order valence-corrected chi connectivity index (χ3v) is 4.74. The number of hydrogen-bond donors (Lipinski definition) is 3. The summed E-state index contributed by atoms with van der Waals surface area (Å²) in [6.45, 7) is 0. The third-order valence-electron chi connectivity index (χ3n) is 3.43. The molecule has 0 aliphatic heterocycles. The number of fused-ring (bicyclic) bond motifs is 1. The molecule has 0 bridgehead atoms. The van der Waals surface area contributed by atoms with Crippen LogP contribution in [0, 0.1) is 5.39 Å². The van der Waals surface area contributed by atoms with Crippen molar-refractivity contribution in [2.75, 3.05) is 0 Å². The van der Waals surface area contributed by atoms with Gasteiger partial charge >= 0.3 is 15.8 Å². The van der Waals surface area contributed by atoms with Crippen LogP contribution in [0.25, 0.3) is 15.7 Å². The fraction of sp³-hybridized carbons (Fsp3) is 0. The molecule has 0 radical (unpaired) electrons. The van der Waals surface area contributed by atoms with Gasteiger partial charge in [-0.15, -0.1) is 0 Å². The maximum atomic E-state index is 12.6. The molecule has 0 atom stereocenters. The first kappa shape index (κ1) is 16.4. The number of phenols is 3. The third kappa shape index (κ3) is 2.98. The lowest BCUT2D eigenvalue weighted by Crippen LogP contribution is -2.10. The van der Waals surface area contributed by atoms with Gasteiger partial charge in [0.05, 0.1) is 0 Å². The molecule has 126 valence electrons. The molecule has 8 nitrogen and oxygen atoms in total. The van der Waals surface area contributed by atoms with Crippen molar-refractivity contribution in [3.63, 3.8) is 0 Å². The van der Waals surface area contributed by atoms with Gasteiger partial charge in [0.15, 0.2) is 4.98 Å². The summed E-state index contributed by atoms with van der Waals surface area (Å²) in [5, 5.41) is 38.0. The standard InChI is InChI=1S/C16H10N2O6S/c17-18-14-5-4-12-13(16(14)21)2-1-3-15(12)25(22,23)24-11-7-9(19)6-10(20)8-11/h1-8H,(H2-,19,20,21)/p+1. The van der Waals surface area contributed by atoms with E-state index in [1.54, 1.807) is 0 Å². The van der Waals surface area contributed by atoms with E-state index in [1.165, 1.54) is 30.3 Å². The molecule has 0 heterocycles. The molecule has 0 amide bonds. The number of phenolic OH excluding ortho intramolecular Hbond substituents is 3. The second-order valence-corrected chi connectivity index (χ2v) is 6.62. The van der Waals surface area contributed by atoms with Crippen LogP contribution in [0.3, 0.4) is 0 Å². The summed E-state index contributed by atoms with van der Waals surface area (Å²) >= 11 is 0. The van der Waals surface area contributed by atoms with Gasteiger partial charge in [-0.2, -0.15) is 8.42 Å². The first-order chi connectivity index (χ1) is 11.8. The molecular weight excluding hydrogens is 348 g/mol. The molecule has 0 spiro atoms. The van der Waals surface area contributed by atoms with Gasteiger partial charge in [-0.05, 0) is 12.1 Å². The molecule has 0 aliphatic carbocycles. The summed E-state index contributed by atoms with van der Waals surface area (Å²) in [6.07, 6.45) is 0. The van der Waals surface area contributed by atoms with Crippen molar-refractivity contribution in [1.82, 2.24) is 0 Å². The summed E-state index contributed by atoms with van der Waals surface area (Å²) in [7, 11) is -4.34. The van der Waals surface area contributed by atoms with Gasteiger partial charge in [-0.25, -0.2) is 0 Å². The van der Waals surface area contributed by atoms with Gasteiger partial charge in [0.1, 0.15) is 22.1 Å². The molecular formula is C16H11N2O6S+. The monoisotopic (exact) mass is 359 g/mol. The van der Waals surface area contributed by atoms with Crippen molar-refractivity contribution in [2.45, 2.75) is 4.90 Å². The molecule has 0 unspecified atom stereocenters. The van der Waals surface area contributed by atoms with Crippen molar-refractivity contribution < 1.29 is 27.9 Å². The van der Waals surface area contributed by atoms with Crippen molar-refractivity contribution in [3.8, 4) is 23.0 Å². The zero-order chi connectivity index (χ0) is 18.2. The van der Waals surface area contributed by atoms with E-state index >= 15 is 0 Å². The predicted octanol–water partition coefficient (Wildman–Crippen LogP) is 3.21. The highest BCUT2D eigenvalue weighted by Gasteiger charge is 2.24. The zero-order valence-electron chi connectivity index (χ0n) is 12.5. The van der Waals surface area contributed by atoms with E-state index in [0.29, 0.717) is 0 Å². The Kier molecular flexibility index (Phi) is 3.82. The Morgan fingerprint density at radius 2 is 1.60 bits per heavy atom. The highest BCUT2D eigenvalue weighted by Crippen LogP contribution is 2.38. The van der Waals surface area contributed by atoms with Crippen molar-refractivity contribution in [1.29, 1.82) is 5.39 Å². The Morgan fingerprint density at radius 3 is 2.24 bits per heavy atom. The molecule has 0 saturated carbocycles. The second-order valence-electron chi connectivity index (χ2n) is 5.11. The van der Waals surface area contributed by atoms with Gasteiger partial charge in [-0.3, -0.25) is 0 Å². The molecule has 0 saturated heterocycles. The quantitative estimate of drug-likeness (QED) is 0.483. The zero-order valence-corrected chi connectivity index (χ0v) is 13.3. The van der Waals surface area contributed by atoms with E-state index in [0.717, 1.165) is 18.2 Å². The Labute approximate surface area is 141 Å². The number of hydrogen-bond acceptors (Lipinski definition) is 7. The van der Waals surface area contributed by atoms with Gasteiger partial charge in [-0.1, -0.05) is 12.1 Å². The van der Waals surface area contributed by atoms with E-state index < -0.39 is 10.1 Å². The molecule has 0 aromatic heterocycles. The van der Waals surface area contributed by atoms with Crippen LogP contribution in [0.15, 0.2) is 53.4 Å². The first-order valence-corrected chi connectivity index (χ1v) is 8.30. The summed E-state index contributed by atoms with van der Waals surface area (Å²) < 4.78 is 30.1. The van der Waals surface area contributed by atoms with Crippen LogP contribution in [-0.2, 0) is 10.1 Å². The van der Waals surface area contributed by atoms with E-state index in [-0.39, 0.29) is 44.4 Å². The topological polar surface area (TPSA) is 132 Å². The summed E-state index contributed by atoms with van der Waals surface area (Å²) in [5.41, 5.74) is -0.110. The Balaban J connectivity index is 2.15. The lowest BCUT2D eigenvalue weighted by atomic mass is 10.1. The van der Waals surface area contributed by atoms with Crippen LogP contribution in [0.4, 0.5) is 5.69 Å². The highest BCUT2D eigenvalue weighted by molar-refractivity contribution is 7.87. The second kappa shape index (κ2) is 5.85. The molecule has 3 rings (SSSR count). The fourth-order valence-corrected chi connectivity index (χ4v) is 3.52. The van der Waals surface area contributed by atoms with Crippen LogP contribution < -0.4 is 4.18 Å². The molecule has 25 heavy (non-hydrogen) atoms. The normalized spacial score (nSPS) is 11.2. The van der Waals surface area contributed by atoms with Crippen LogP contribution in [0.2, 0.25) is 0 Å². The number of aromatic hydroxyl groups is 3. The maximum absolute atomic E-state index is 12.6. The first-order valence-electron chi connectivity index (χ1n) is 6.89. The molecule has 9 heteroatoms. The van der Waals surface area contributed by atoms with E-state index in [1.807, 2.05) is 0 Å². The minimum atomic E-state index is -4.34. The van der Waals surface area contributed by atoms with Crippen molar-refractivity contribution >= 4 is 26.6 Å². The summed E-state index contributed by atoms with van der Waals surface area (Å²) in [6, 6.07) is 9.81. The molecule has 0 aliphatic rings. The fourth-order valence-electron chi connectivity index (χ4n) is 2.39. The maximum Gasteiger partial charge on any atom is 0.426 e. The Bertz CT molecular complexity index is 1120. The van der Waals surface area contributed by atoms with Crippen LogP contribution in [-0.4, -0.2) is 23.7 Å². The minimum absolute atomic E-state index is 0.110. The number of nitrogens with zero attached hydrogens (tertiary/aromatic N) is 2. The van der Waals surface area contributed by atoms with Crippen LogP contribution in [0.1, 0.15) is 0 Å². The largest absolute Gasteiger partial charge is 0.508 e. The average molecular weight is 359 g/mol. The SMILES string of the molecule is N#[N+]c1ccc2c(S(=O)(=O)Oc3cc(O)cc(O)c3)cccc2c1O. The number of diazo groups is 1. The molecule has 3 aromatic carbocycles. The van der Waals surface area contributed by atoms with E-state index in [9.17, 15) is 23.7 Å². The van der Waals surface area contributed by atoms with Crippen molar-refractivity contribution in [3.05, 3.63) is 53.5 Å². The van der Waals surface area contributed by atoms with Gasteiger partial charge in [0, 0.05) is 35.0 Å². The molecule has 3 N–H and O–H groups in total. The van der Waals surface area contributed by atoms with Gasteiger partial charge in [0.2, 0.25) is 11.1 Å².